The van der Waals surface area contributed by atoms with Crippen molar-refractivity contribution < 1.29 is 9.47 Å². The Morgan fingerprint density at radius 2 is 2.37 bits per heavy atom. The van der Waals surface area contributed by atoms with Crippen molar-refractivity contribution in [2.45, 2.75) is 32.5 Å². The minimum Gasteiger partial charge on any atom is -0.474 e. The molecule has 0 bridgehead atoms. The van der Waals surface area contributed by atoms with E-state index in [9.17, 15) is 0 Å². The molecule has 1 saturated heterocycles. The zero-order chi connectivity index (χ0) is 14.0. The first-order valence-electron chi connectivity index (χ1n) is 6.38. The molecule has 1 unspecified atom stereocenters. The average molecular weight is 264 g/mol. The molecule has 2 heterocycles. The van der Waals surface area contributed by atoms with Gasteiger partial charge in [0.05, 0.1) is 11.3 Å². The zero-order valence-electron chi connectivity index (χ0n) is 11.9. The van der Waals surface area contributed by atoms with Crippen LogP contribution in [0.15, 0.2) is 0 Å². The lowest BCUT2D eigenvalue weighted by atomic mass is 10.1. The quantitative estimate of drug-likeness (QED) is 0.872. The molecule has 0 aliphatic carbocycles. The van der Waals surface area contributed by atoms with Crippen LogP contribution in [0.4, 0.5) is 0 Å². The van der Waals surface area contributed by atoms with Gasteiger partial charge in [0.2, 0.25) is 5.88 Å². The molecular formula is C13H20N4O2. The summed E-state index contributed by atoms with van der Waals surface area (Å²) < 4.78 is 13.2. The summed E-state index contributed by atoms with van der Waals surface area (Å²) in [6.07, 6.45) is -0.0227. The Hall–Kier alpha value is -1.58. The molecule has 2 rings (SSSR count). The fraction of sp³-hybridized carbons (Fsp3) is 0.692. The smallest absolute Gasteiger partial charge is 0.230 e. The van der Waals surface area contributed by atoms with Crippen LogP contribution in [0.3, 0.4) is 0 Å². The molecule has 6 heteroatoms. The van der Waals surface area contributed by atoms with Crippen LogP contribution < -0.4 is 10.1 Å². The highest BCUT2D eigenvalue weighted by Crippen LogP contribution is 2.21. The number of nitrogens with one attached hydrogen (secondary N) is 1. The van der Waals surface area contributed by atoms with Crippen molar-refractivity contribution >= 4 is 0 Å². The third-order valence-corrected chi connectivity index (χ3v) is 3.10. The Kier molecular flexibility index (Phi) is 3.78. The van der Waals surface area contributed by atoms with E-state index >= 15 is 0 Å². The molecule has 1 aromatic heterocycles. The lowest BCUT2D eigenvalue weighted by molar-refractivity contribution is -0.107. The summed E-state index contributed by atoms with van der Waals surface area (Å²) in [4.78, 5) is 0. The molecule has 19 heavy (non-hydrogen) atoms. The van der Waals surface area contributed by atoms with E-state index in [0.29, 0.717) is 23.7 Å². The Labute approximate surface area is 113 Å². The van der Waals surface area contributed by atoms with E-state index in [2.05, 4.69) is 16.5 Å². The van der Waals surface area contributed by atoms with Crippen LogP contribution in [0, 0.1) is 18.3 Å². The molecule has 1 fully saturated rings. The zero-order valence-corrected chi connectivity index (χ0v) is 11.9. The van der Waals surface area contributed by atoms with Gasteiger partial charge in [-0.3, -0.25) is 0 Å². The Balaban J connectivity index is 2.02. The fourth-order valence-corrected chi connectivity index (χ4v) is 2.26. The standard InChI is InChI=1S/C13H20N4O2/c1-9-11(5-14)12(17(4)16-9)18-7-10-6-15-8-13(2,3)19-10/h10,15H,6-8H2,1-4H3. The number of hydrogen-bond donors (Lipinski definition) is 1. The molecule has 0 spiro atoms. The molecule has 6 nitrogen and oxygen atoms in total. The Morgan fingerprint density at radius 1 is 1.63 bits per heavy atom. The number of morpholine rings is 1. The van der Waals surface area contributed by atoms with E-state index in [1.807, 2.05) is 13.8 Å². The molecular weight excluding hydrogens is 244 g/mol. The van der Waals surface area contributed by atoms with Crippen molar-refractivity contribution in [1.82, 2.24) is 15.1 Å². The molecule has 104 valence electrons. The predicted octanol–water partition coefficient (Wildman–Crippen LogP) is 0.746. The fourth-order valence-electron chi connectivity index (χ4n) is 2.26. The minimum atomic E-state index is -0.188. The molecule has 1 aromatic rings. The van der Waals surface area contributed by atoms with Crippen LogP contribution in [-0.4, -0.2) is 41.2 Å². The maximum Gasteiger partial charge on any atom is 0.230 e. The second-order valence-corrected chi connectivity index (χ2v) is 5.44. The Morgan fingerprint density at radius 3 is 3.00 bits per heavy atom. The summed E-state index contributed by atoms with van der Waals surface area (Å²) >= 11 is 0. The highest BCUT2D eigenvalue weighted by atomic mass is 16.6. The van der Waals surface area contributed by atoms with Crippen molar-refractivity contribution in [2.75, 3.05) is 19.7 Å². The molecule has 0 radical (unpaired) electrons. The predicted molar refractivity (Wildman–Crippen MR) is 70.0 cm³/mol. The first kappa shape index (κ1) is 13.8. The van der Waals surface area contributed by atoms with Gasteiger partial charge in [-0.2, -0.15) is 10.4 Å². The maximum absolute atomic E-state index is 9.11. The largest absolute Gasteiger partial charge is 0.474 e. The van der Waals surface area contributed by atoms with Crippen LogP contribution in [0.1, 0.15) is 25.1 Å². The molecule has 1 N–H and O–H groups in total. The van der Waals surface area contributed by atoms with E-state index in [1.54, 1.807) is 18.7 Å². The number of nitriles is 1. The minimum absolute atomic E-state index is 0.0227. The first-order chi connectivity index (χ1) is 8.93. The summed E-state index contributed by atoms with van der Waals surface area (Å²) in [5.74, 6) is 0.506. The maximum atomic E-state index is 9.11. The van der Waals surface area contributed by atoms with Gasteiger partial charge in [-0.1, -0.05) is 0 Å². The molecule has 0 saturated carbocycles. The highest BCUT2D eigenvalue weighted by molar-refractivity contribution is 5.41. The van der Waals surface area contributed by atoms with Gasteiger partial charge in [-0.05, 0) is 20.8 Å². The van der Waals surface area contributed by atoms with Gasteiger partial charge in [0, 0.05) is 20.1 Å². The SMILES string of the molecule is Cc1nn(C)c(OCC2CNCC(C)(C)O2)c1C#N. The Bertz CT molecular complexity index is 501. The number of hydrogen-bond acceptors (Lipinski definition) is 5. The van der Waals surface area contributed by atoms with Gasteiger partial charge in [0.25, 0.3) is 0 Å². The lowest BCUT2D eigenvalue weighted by Gasteiger charge is -2.36. The van der Waals surface area contributed by atoms with E-state index in [4.69, 9.17) is 14.7 Å². The van der Waals surface area contributed by atoms with Gasteiger partial charge >= 0.3 is 0 Å². The van der Waals surface area contributed by atoms with Gasteiger partial charge in [0.1, 0.15) is 24.3 Å². The van der Waals surface area contributed by atoms with E-state index in [0.717, 1.165) is 13.1 Å². The molecule has 1 aliphatic rings. The van der Waals surface area contributed by atoms with Crippen molar-refractivity contribution in [1.29, 1.82) is 5.26 Å². The summed E-state index contributed by atoms with van der Waals surface area (Å²) in [6, 6.07) is 2.12. The van der Waals surface area contributed by atoms with Crippen LogP contribution in [0.5, 0.6) is 5.88 Å². The van der Waals surface area contributed by atoms with Crippen molar-refractivity contribution in [3.8, 4) is 11.9 Å². The summed E-state index contributed by atoms with van der Waals surface area (Å²) in [5.41, 5.74) is 0.987. The van der Waals surface area contributed by atoms with Crippen LogP contribution in [-0.2, 0) is 11.8 Å². The summed E-state index contributed by atoms with van der Waals surface area (Å²) in [6.45, 7) is 7.87. The molecule has 1 atom stereocenters. The molecule has 0 amide bonds. The third-order valence-electron chi connectivity index (χ3n) is 3.10. The van der Waals surface area contributed by atoms with Crippen LogP contribution >= 0.6 is 0 Å². The number of aryl methyl sites for hydroxylation is 2. The van der Waals surface area contributed by atoms with Gasteiger partial charge in [-0.15, -0.1) is 0 Å². The van der Waals surface area contributed by atoms with E-state index in [1.165, 1.54) is 0 Å². The topological polar surface area (TPSA) is 72.1 Å². The van der Waals surface area contributed by atoms with Gasteiger partial charge in [-0.25, -0.2) is 4.68 Å². The first-order valence-corrected chi connectivity index (χ1v) is 6.38. The number of nitrogens with zero attached hydrogens (tertiary/aromatic N) is 3. The van der Waals surface area contributed by atoms with Gasteiger partial charge in [0.15, 0.2) is 0 Å². The summed E-state index contributed by atoms with van der Waals surface area (Å²) in [5, 5.41) is 16.6. The van der Waals surface area contributed by atoms with Crippen LogP contribution in [0.25, 0.3) is 0 Å². The number of aromatic nitrogens is 2. The van der Waals surface area contributed by atoms with Crippen LogP contribution in [0.2, 0.25) is 0 Å². The van der Waals surface area contributed by atoms with Crippen molar-refractivity contribution in [2.24, 2.45) is 7.05 Å². The molecule has 0 aromatic carbocycles. The molecule has 1 aliphatic heterocycles. The van der Waals surface area contributed by atoms with Crippen molar-refractivity contribution in [3.63, 3.8) is 0 Å². The monoisotopic (exact) mass is 264 g/mol. The lowest BCUT2D eigenvalue weighted by Crippen LogP contribution is -2.52. The third kappa shape index (κ3) is 3.06. The van der Waals surface area contributed by atoms with E-state index in [-0.39, 0.29) is 11.7 Å². The highest BCUT2D eigenvalue weighted by Gasteiger charge is 2.29. The van der Waals surface area contributed by atoms with Gasteiger partial charge < -0.3 is 14.8 Å². The number of ether oxygens (including phenoxy) is 2. The van der Waals surface area contributed by atoms with Crippen molar-refractivity contribution in [3.05, 3.63) is 11.3 Å². The average Bonchev–Trinajstić information content (AvgIpc) is 2.59. The second-order valence-electron chi connectivity index (χ2n) is 5.44. The van der Waals surface area contributed by atoms with E-state index < -0.39 is 0 Å². The summed E-state index contributed by atoms with van der Waals surface area (Å²) in [7, 11) is 1.77. The second kappa shape index (κ2) is 5.19. The normalized spacial score (nSPS) is 21.9. The number of rotatable bonds is 3.